The Labute approximate surface area is 170 Å². The fourth-order valence-electron chi connectivity index (χ4n) is 2.05. The van der Waals surface area contributed by atoms with E-state index in [9.17, 15) is 9.59 Å². The SMILES string of the molecule is CC.CC.CC.CC(C)(C)OC(=O)NC(Cc1c[nH]c2ccc#cc12)C(N)=O. The molecule has 2 amide bonds. The highest BCUT2D eigenvalue weighted by Crippen LogP contribution is 2.17. The van der Waals surface area contributed by atoms with E-state index in [-0.39, 0.29) is 6.42 Å². The summed E-state index contributed by atoms with van der Waals surface area (Å²) in [6.45, 7) is 17.2. The van der Waals surface area contributed by atoms with E-state index in [4.69, 9.17) is 10.5 Å². The van der Waals surface area contributed by atoms with Gasteiger partial charge in [-0.1, -0.05) is 53.7 Å². The molecule has 1 heterocycles. The van der Waals surface area contributed by atoms with E-state index >= 15 is 0 Å². The molecule has 0 saturated carbocycles. The van der Waals surface area contributed by atoms with Crippen LogP contribution in [0.4, 0.5) is 4.79 Å². The zero-order valence-corrected chi connectivity index (χ0v) is 18.8. The molecule has 0 aliphatic heterocycles. The van der Waals surface area contributed by atoms with Gasteiger partial charge in [0.1, 0.15) is 11.6 Å². The quantitative estimate of drug-likeness (QED) is 0.700. The number of carbonyl (C=O) groups is 2. The van der Waals surface area contributed by atoms with Crippen molar-refractivity contribution in [1.82, 2.24) is 10.3 Å². The number of H-pyrrole nitrogens is 1. The number of nitrogens with one attached hydrogen (secondary N) is 2. The van der Waals surface area contributed by atoms with E-state index in [1.807, 2.05) is 47.6 Å². The van der Waals surface area contributed by atoms with Gasteiger partial charge in [-0.25, -0.2) is 4.79 Å². The van der Waals surface area contributed by atoms with Crippen LogP contribution in [0.25, 0.3) is 10.9 Å². The smallest absolute Gasteiger partial charge is 0.408 e. The average molecular weight is 392 g/mol. The molecule has 6 heteroatoms. The molecule has 0 bridgehead atoms. The first kappa shape index (κ1) is 27.5. The summed E-state index contributed by atoms with van der Waals surface area (Å²) in [4.78, 5) is 26.5. The second-order valence-electron chi connectivity index (χ2n) is 6.01. The number of carbonyl (C=O) groups excluding carboxylic acids is 2. The van der Waals surface area contributed by atoms with E-state index in [2.05, 4.69) is 22.4 Å². The monoisotopic (exact) mass is 391 g/mol. The minimum atomic E-state index is -0.859. The number of hydrogen-bond donors (Lipinski definition) is 3. The Bertz CT molecular complexity index is 688. The van der Waals surface area contributed by atoms with Crippen LogP contribution in [0.1, 0.15) is 67.9 Å². The van der Waals surface area contributed by atoms with Crippen LogP contribution in [0.15, 0.2) is 18.3 Å². The van der Waals surface area contributed by atoms with Gasteiger partial charge in [-0.3, -0.25) is 4.79 Å². The molecule has 0 radical (unpaired) electrons. The van der Waals surface area contributed by atoms with Gasteiger partial charge in [0.2, 0.25) is 5.91 Å². The van der Waals surface area contributed by atoms with Crippen molar-refractivity contribution in [3.05, 3.63) is 36.0 Å². The lowest BCUT2D eigenvalue weighted by atomic mass is 10.1. The van der Waals surface area contributed by atoms with Crippen LogP contribution in [0.3, 0.4) is 0 Å². The zero-order chi connectivity index (χ0) is 22.3. The number of amides is 2. The van der Waals surface area contributed by atoms with Crippen molar-refractivity contribution in [3.63, 3.8) is 0 Å². The fraction of sp³-hybridized carbons (Fsp3) is 0.545. The molecular weight excluding hydrogens is 354 g/mol. The van der Waals surface area contributed by atoms with E-state index in [1.54, 1.807) is 33.0 Å². The van der Waals surface area contributed by atoms with Crippen molar-refractivity contribution in [3.8, 4) is 0 Å². The Kier molecular flexibility index (Phi) is 14.1. The minimum Gasteiger partial charge on any atom is -0.444 e. The molecule has 1 aromatic carbocycles. The van der Waals surface area contributed by atoms with E-state index in [0.29, 0.717) is 0 Å². The molecule has 0 aliphatic rings. The van der Waals surface area contributed by atoms with E-state index in [1.165, 1.54) is 0 Å². The third-order valence-corrected chi connectivity index (χ3v) is 2.98. The van der Waals surface area contributed by atoms with Gasteiger partial charge in [0.25, 0.3) is 0 Å². The molecule has 0 aliphatic carbocycles. The molecule has 2 rings (SSSR count). The first-order valence-electron chi connectivity index (χ1n) is 9.93. The first-order valence-corrected chi connectivity index (χ1v) is 9.93. The summed E-state index contributed by atoms with van der Waals surface area (Å²) in [5.41, 5.74) is 6.44. The summed E-state index contributed by atoms with van der Waals surface area (Å²) in [7, 11) is 0. The molecule has 4 N–H and O–H groups in total. The Morgan fingerprint density at radius 3 is 2.25 bits per heavy atom. The predicted molar refractivity (Wildman–Crippen MR) is 116 cm³/mol. The van der Waals surface area contributed by atoms with E-state index < -0.39 is 23.6 Å². The molecule has 1 atom stereocenters. The van der Waals surface area contributed by atoms with Crippen molar-refractivity contribution in [2.45, 2.75) is 80.4 Å². The van der Waals surface area contributed by atoms with Crippen molar-refractivity contribution in [2.75, 3.05) is 0 Å². The number of fused-ring (bicyclic) bond motifs is 1. The van der Waals surface area contributed by atoms with Crippen LogP contribution in [-0.4, -0.2) is 28.6 Å². The van der Waals surface area contributed by atoms with Gasteiger partial charge in [0, 0.05) is 12.6 Å². The lowest BCUT2D eigenvalue weighted by Crippen LogP contribution is -2.47. The summed E-state index contributed by atoms with van der Waals surface area (Å²) in [6, 6.07) is 8.59. The maximum Gasteiger partial charge on any atom is 0.408 e. The van der Waals surface area contributed by atoms with E-state index in [0.717, 1.165) is 16.5 Å². The molecule has 0 saturated heterocycles. The summed E-state index contributed by atoms with van der Waals surface area (Å²) < 4.78 is 5.15. The second kappa shape index (κ2) is 14.4. The second-order valence-corrected chi connectivity index (χ2v) is 6.01. The molecular formula is C22H37N3O3. The van der Waals surface area contributed by atoms with Crippen LogP contribution in [0.2, 0.25) is 0 Å². The number of hydrogen-bond acceptors (Lipinski definition) is 3. The van der Waals surface area contributed by atoms with Gasteiger partial charge in [0.15, 0.2) is 0 Å². The Hall–Kier alpha value is -2.68. The maximum atomic E-state index is 11.8. The highest BCUT2D eigenvalue weighted by atomic mass is 16.6. The standard InChI is InChI=1S/C16H19N3O3.3C2H6/c1-16(2,3)22-15(21)19-13(14(17)20)8-10-9-18-12-7-5-4-6-11(10)12;3*1-2/h5,7,9,13,18H,8H2,1-3H3,(H2,17,20)(H,19,21);3*1-2H3. The molecule has 1 aromatic heterocycles. The maximum absolute atomic E-state index is 11.8. The third-order valence-electron chi connectivity index (χ3n) is 2.98. The minimum absolute atomic E-state index is 0.253. The number of aromatic nitrogens is 1. The van der Waals surface area contributed by atoms with Crippen molar-refractivity contribution in [2.24, 2.45) is 5.73 Å². The van der Waals surface area contributed by atoms with Crippen molar-refractivity contribution < 1.29 is 14.3 Å². The summed E-state index contributed by atoms with van der Waals surface area (Å²) in [5, 5.41) is 3.32. The lowest BCUT2D eigenvalue weighted by molar-refractivity contribution is -0.120. The van der Waals surface area contributed by atoms with Crippen LogP contribution >= 0.6 is 0 Å². The fourth-order valence-corrected chi connectivity index (χ4v) is 2.05. The zero-order valence-electron chi connectivity index (χ0n) is 18.8. The van der Waals surface area contributed by atoms with Gasteiger partial charge in [-0.15, -0.1) is 0 Å². The molecule has 158 valence electrons. The summed E-state index contributed by atoms with van der Waals surface area (Å²) >= 11 is 0. The van der Waals surface area contributed by atoms with Crippen LogP contribution in [-0.2, 0) is 16.0 Å². The van der Waals surface area contributed by atoms with Gasteiger partial charge in [-0.05, 0) is 38.5 Å². The normalized spacial score (nSPS) is 10.5. The topological polar surface area (TPSA) is 97.2 Å². The third kappa shape index (κ3) is 9.86. The molecule has 2 aromatic rings. The summed E-state index contributed by atoms with van der Waals surface area (Å²) in [5.74, 6) is -0.625. The molecule has 28 heavy (non-hydrogen) atoms. The average Bonchev–Trinajstić information content (AvgIpc) is 3.08. The number of alkyl carbamates (subject to hydrolysis) is 1. The Balaban J connectivity index is 0. The number of aromatic amines is 1. The Morgan fingerprint density at radius 1 is 1.18 bits per heavy atom. The van der Waals surface area contributed by atoms with Crippen LogP contribution in [0, 0.1) is 12.1 Å². The van der Waals surface area contributed by atoms with Crippen molar-refractivity contribution in [1.29, 1.82) is 0 Å². The summed E-state index contributed by atoms with van der Waals surface area (Å²) in [6.07, 6.45) is 1.34. The number of ether oxygens (including phenoxy) is 1. The number of nitrogens with two attached hydrogens (primary N) is 1. The number of primary amides is 1. The molecule has 1 unspecified atom stereocenters. The van der Waals surface area contributed by atoms with Gasteiger partial charge in [0.05, 0.1) is 10.9 Å². The lowest BCUT2D eigenvalue weighted by Gasteiger charge is -2.22. The highest BCUT2D eigenvalue weighted by molar-refractivity contribution is 5.86. The first-order chi connectivity index (χ1) is 13.3. The molecule has 0 fully saturated rings. The molecule has 0 spiro atoms. The largest absolute Gasteiger partial charge is 0.444 e. The van der Waals surface area contributed by atoms with Gasteiger partial charge in [-0.2, -0.15) is 0 Å². The highest BCUT2D eigenvalue weighted by Gasteiger charge is 2.23. The van der Waals surface area contributed by atoms with Gasteiger partial charge >= 0.3 is 6.09 Å². The van der Waals surface area contributed by atoms with Gasteiger partial charge < -0.3 is 20.8 Å². The Morgan fingerprint density at radius 2 is 1.75 bits per heavy atom. The van der Waals surface area contributed by atoms with Crippen LogP contribution in [0.5, 0.6) is 0 Å². The number of rotatable bonds is 4. The molecule has 6 nitrogen and oxygen atoms in total. The van der Waals surface area contributed by atoms with Crippen molar-refractivity contribution >= 4 is 22.9 Å². The predicted octanol–water partition coefficient (Wildman–Crippen LogP) is 4.77. The van der Waals surface area contributed by atoms with Crippen LogP contribution < -0.4 is 11.1 Å².